The van der Waals surface area contributed by atoms with Crippen LogP contribution < -0.4 is 10.7 Å². The van der Waals surface area contributed by atoms with Crippen molar-refractivity contribution in [3.8, 4) is 0 Å². The third-order valence-electron chi connectivity index (χ3n) is 2.28. The highest BCUT2D eigenvalue weighted by Gasteiger charge is 1.94. The molecule has 96 valence electrons. The maximum absolute atomic E-state index is 5.13. The first-order valence-corrected chi connectivity index (χ1v) is 6.85. The molecule has 0 aliphatic rings. The van der Waals surface area contributed by atoms with Gasteiger partial charge >= 0.3 is 0 Å². The normalized spacial score (nSPS) is 10.4. The summed E-state index contributed by atoms with van der Waals surface area (Å²) in [7, 11) is 0. The molecule has 2 rings (SSSR count). The van der Waals surface area contributed by atoms with E-state index in [1.54, 1.807) is 6.21 Å². The molecule has 0 aliphatic carbocycles. The van der Waals surface area contributed by atoms with E-state index in [-0.39, 0.29) is 0 Å². The van der Waals surface area contributed by atoms with E-state index < -0.39 is 0 Å². The van der Waals surface area contributed by atoms with Crippen molar-refractivity contribution in [1.29, 1.82) is 0 Å². The fourth-order valence-corrected chi connectivity index (χ4v) is 1.83. The van der Waals surface area contributed by atoms with Gasteiger partial charge in [0.25, 0.3) is 0 Å². The highest BCUT2D eigenvalue weighted by atomic mass is 79.9. The summed E-state index contributed by atoms with van der Waals surface area (Å²) in [5, 5.41) is 7.57. The van der Waals surface area contributed by atoms with E-state index in [4.69, 9.17) is 12.2 Å². The zero-order valence-electron chi connectivity index (χ0n) is 10.0. The first-order valence-electron chi connectivity index (χ1n) is 5.65. The number of thiocarbonyl (C=S) groups is 1. The molecule has 0 unspecified atom stereocenters. The van der Waals surface area contributed by atoms with Crippen LogP contribution >= 0.6 is 28.1 Å². The Hall–Kier alpha value is -1.72. The van der Waals surface area contributed by atoms with Gasteiger partial charge in [-0.05, 0) is 42.0 Å². The Morgan fingerprint density at radius 2 is 1.74 bits per heavy atom. The van der Waals surface area contributed by atoms with E-state index in [1.807, 2.05) is 54.6 Å². The predicted molar refractivity (Wildman–Crippen MR) is 87.5 cm³/mol. The van der Waals surface area contributed by atoms with Crippen molar-refractivity contribution >= 4 is 45.2 Å². The number of halogens is 1. The summed E-state index contributed by atoms with van der Waals surface area (Å²) in [6.45, 7) is 0. The summed E-state index contributed by atoms with van der Waals surface area (Å²) in [6, 6.07) is 17.5. The molecule has 0 aliphatic heterocycles. The fraction of sp³-hybridized carbons (Fsp3) is 0. The molecule has 0 heterocycles. The zero-order valence-corrected chi connectivity index (χ0v) is 12.4. The Morgan fingerprint density at radius 3 is 2.42 bits per heavy atom. The van der Waals surface area contributed by atoms with Crippen LogP contribution in [0.2, 0.25) is 0 Å². The maximum atomic E-state index is 5.13. The van der Waals surface area contributed by atoms with Crippen LogP contribution in [-0.2, 0) is 0 Å². The Balaban J connectivity index is 1.85. The van der Waals surface area contributed by atoms with Crippen LogP contribution in [0.25, 0.3) is 0 Å². The number of hydrogen-bond donors (Lipinski definition) is 2. The summed E-state index contributed by atoms with van der Waals surface area (Å²) in [6.07, 6.45) is 1.71. The van der Waals surface area contributed by atoms with Crippen molar-refractivity contribution in [3.05, 3.63) is 64.6 Å². The molecule has 0 radical (unpaired) electrons. The minimum absolute atomic E-state index is 0.458. The second-order valence-electron chi connectivity index (χ2n) is 3.74. The molecule has 0 saturated carbocycles. The van der Waals surface area contributed by atoms with Gasteiger partial charge in [0.2, 0.25) is 0 Å². The number of para-hydroxylation sites is 1. The van der Waals surface area contributed by atoms with Crippen LogP contribution in [0.5, 0.6) is 0 Å². The third-order valence-corrected chi connectivity index (χ3v) is 3.00. The molecule has 0 aromatic heterocycles. The zero-order chi connectivity index (χ0) is 13.5. The Labute approximate surface area is 125 Å². The summed E-state index contributed by atoms with van der Waals surface area (Å²) in [4.78, 5) is 0. The second kappa shape index (κ2) is 7.01. The molecule has 0 fully saturated rings. The number of hydrogen-bond acceptors (Lipinski definition) is 2. The van der Waals surface area contributed by atoms with Gasteiger partial charge in [0.05, 0.1) is 6.21 Å². The third kappa shape index (κ3) is 4.81. The maximum Gasteiger partial charge on any atom is 0.191 e. The van der Waals surface area contributed by atoms with Crippen LogP contribution in [0.15, 0.2) is 64.2 Å². The van der Waals surface area contributed by atoms with Crippen LogP contribution in [0.1, 0.15) is 5.56 Å². The fourth-order valence-electron chi connectivity index (χ4n) is 1.39. The molecule has 2 aromatic rings. The molecular formula is C14H12BrN3S. The van der Waals surface area contributed by atoms with Crippen molar-refractivity contribution in [1.82, 2.24) is 5.43 Å². The van der Waals surface area contributed by atoms with Crippen LogP contribution in [0.3, 0.4) is 0 Å². The Morgan fingerprint density at radius 1 is 1.05 bits per heavy atom. The van der Waals surface area contributed by atoms with Crippen molar-refractivity contribution in [2.24, 2.45) is 5.10 Å². The molecule has 3 nitrogen and oxygen atoms in total. The van der Waals surface area contributed by atoms with Gasteiger partial charge in [-0.2, -0.15) is 5.10 Å². The molecule has 2 N–H and O–H groups in total. The van der Waals surface area contributed by atoms with Gasteiger partial charge in [0, 0.05) is 10.2 Å². The van der Waals surface area contributed by atoms with E-state index in [0.717, 1.165) is 15.7 Å². The van der Waals surface area contributed by atoms with E-state index in [9.17, 15) is 0 Å². The average molecular weight is 334 g/mol. The van der Waals surface area contributed by atoms with Crippen molar-refractivity contribution in [2.45, 2.75) is 0 Å². The van der Waals surface area contributed by atoms with Crippen molar-refractivity contribution in [3.63, 3.8) is 0 Å². The quantitative estimate of drug-likeness (QED) is 0.510. The molecule has 0 bridgehead atoms. The first-order chi connectivity index (χ1) is 9.24. The second-order valence-corrected chi connectivity index (χ2v) is 5.07. The molecule has 0 amide bonds. The summed E-state index contributed by atoms with van der Waals surface area (Å²) < 4.78 is 1.04. The largest absolute Gasteiger partial charge is 0.331 e. The minimum Gasteiger partial charge on any atom is -0.331 e. The van der Waals surface area contributed by atoms with E-state index in [1.165, 1.54) is 0 Å². The van der Waals surface area contributed by atoms with Crippen LogP contribution in [0.4, 0.5) is 5.69 Å². The molecule has 0 atom stereocenters. The molecular weight excluding hydrogens is 322 g/mol. The number of nitrogens with zero attached hydrogens (tertiary/aromatic N) is 1. The van der Waals surface area contributed by atoms with E-state index >= 15 is 0 Å². The van der Waals surface area contributed by atoms with Crippen molar-refractivity contribution in [2.75, 3.05) is 5.32 Å². The predicted octanol–water partition coefficient (Wildman–Crippen LogP) is 3.77. The van der Waals surface area contributed by atoms with Crippen LogP contribution in [-0.4, -0.2) is 11.3 Å². The number of benzene rings is 2. The van der Waals surface area contributed by atoms with Gasteiger partial charge in [0.1, 0.15) is 0 Å². The van der Waals surface area contributed by atoms with Crippen molar-refractivity contribution < 1.29 is 0 Å². The SMILES string of the molecule is S=C(N/N=C\c1ccc(Br)cc1)Nc1ccccc1. The van der Waals surface area contributed by atoms with Gasteiger partial charge in [0.15, 0.2) is 5.11 Å². The molecule has 19 heavy (non-hydrogen) atoms. The van der Waals surface area contributed by atoms with Crippen LogP contribution in [0, 0.1) is 0 Å². The van der Waals surface area contributed by atoms with Gasteiger partial charge in [-0.1, -0.05) is 46.3 Å². The number of rotatable bonds is 3. The topological polar surface area (TPSA) is 36.4 Å². The number of anilines is 1. The standard InChI is InChI=1S/C14H12BrN3S/c15-12-8-6-11(7-9-12)10-16-18-14(19)17-13-4-2-1-3-5-13/h1-10H,(H2,17,18,19)/b16-10-. The average Bonchev–Trinajstić information content (AvgIpc) is 2.42. The monoisotopic (exact) mass is 333 g/mol. The minimum atomic E-state index is 0.458. The molecule has 2 aromatic carbocycles. The lowest BCUT2D eigenvalue weighted by atomic mass is 10.2. The Bertz CT molecular complexity index is 567. The number of hydrazone groups is 1. The Kier molecular flexibility index (Phi) is 5.06. The first kappa shape index (κ1) is 13.7. The summed E-state index contributed by atoms with van der Waals surface area (Å²) >= 11 is 8.51. The van der Waals surface area contributed by atoms with E-state index in [2.05, 4.69) is 31.8 Å². The van der Waals surface area contributed by atoms with Gasteiger partial charge in [-0.25, -0.2) is 0 Å². The lowest BCUT2D eigenvalue weighted by Gasteiger charge is -2.06. The van der Waals surface area contributed by atoms with Gasteiger partial charge in [-0.3, -0.25) is 5.43 Å². The van der Waals surface area contributed by atoms with E-state index in [0.29, 0.717) is 5.11 Å². The molecule has 0 spiro atoms. The molecule has 0 saturated heterocycles. The summed E-state index contributed by atoms with van der Waals surface area (Å²) in [5.74, 6) is 0. The smallest absolute Gasteiger partial charge is 0.191 e. The number of nitrogens with one attached hydrogen (secondary N) is 2. The lowest BCUT2D eigenvalue weighted by molar-refractivity contribution is 1.05. The van der Waals surface area contributed by atoms with Gasteiger partial charge in [-0.15, -0.1) is 0 Å². The van der Waals surface area contributed by atoms with Gasteiger partial charge < -0.3 is 5.32 Å². The lowest BCUT2D eigenvalue weighted by Crippen LogP contribution is -2.23. The highest BCUT2D eigenvalue weighted by Crippen LogP contribution is 2.09. The summed E-state index contributed by atoms with van der Waals surface area (Å²) in [5.41, 5.74) is 4.70. The molecule has 5 heteroatoms. The highest BCUT2D eigenvalue weighted by molar-refractivity contribution is 9.10.